The third kappa shape index (κ3) is 4.54. The molecule has 0 atom stereocenters. The number of furan rings is 1. The van der Waals surface area contributed by atoms with Crippen LogP contribution in [0.15, 0.2) is 16.5 Å². The number of hydrogen-bond donors (Lipinski definition) is 1. The lowest BCUT2D eigenvalue weighted by Crippen LogP contribution is -2.38. The molecule has 1 N–H and O–H groups in total. The zero-order valence-electron chi connectivity index (χ0n) is 10.6. The molecule has 7 nitrogen and oxygen atoms in total. The van der Waals surface area contributed by atoms with Crippen LogP contribution in [0, 0.1) is 10.1 Å². The Morgan fingerprint density at radius 3 is 2.67 bits per heavy atom. The minimum Gasteiger partial charge on any atom is -0.458 e. The number of ether oxygens (including phenoxy) is 1. The topological polar surface area (TPSA) is 94.6 Å². The Morgan fingerprint density at radius 2 is 2.17 bits per heavy atom. The van der Waals surface area contributed by atoms with E-state index in [1.807, 2.05) is 20.8 Å². The fourth-order valence-corrected chi connectivity index (χ4v) is 1.18. The molecular weight excluding hydrogens is 240 g/mol. The summed E-state index contributed by atoms with van der Waals surface area (Å²) in [5.74, 6) is -1.36. The molecule has 1 aromatic heterocycles. The summed E-state index contributed by atoms with van der Waals surface area (Å²) in [6.45, 7) is 6.64. The largest absolute Gasteiger partial charge is 0.458 e. The molecule has 0 aliphatic rings. The highest BCUT2D eigenvalue weighted by molar-refractivity contribution is 5.86. The van der Waals surface area contributed by atoms with E-state index < -0.39 is 16.8 Å². The van der Waals surface area contributed by atoms with Crippen molar-refractivity contribution in [3.63, 3.8) is 0 Å². The number of rotatable bonds is 5. The second-order valence-electron chi connectivity index (χ2n) is 4.71. The number of nitro groups is 1. The molecule has 0 fully saturated rings. The summed E-state index contributed by atoms with van der Waals surface area (Å²) in [5, 5.41) is 13.5. The number of carbonyl (C=O) groups excluding carboxylic acids is 1. The van der Waals surface area contributed by atoms with Crippen LogP contribution in [0.2, 0.25) is 0 Å². The zero-order valence-corrected chi connectivity index (χ0v) is 10.6. The van der Waals surface area contributed by atoms with Gasteiger partial charge in [0.25, 0.3) is 0 Å². The van der Waals surface area contributed by atoms with E-state index in [9.17, 15) is 14.9 Å². The van der Waals surface area contributed by atoms with E-state index in [1.54, 1.807) is 0 Å². The first kappa shape index (κ1) is 14.2. The number of nitrogens with one attached hydrogen (secondary N) is 1. The van der Waals surface area contributed by atoms with Crippen molar-refractivity contribution in [3.8, 4) is 0 Å². The van der Waals surface area contributed by atoms with Crippen LogP contribution >= 0.6 is 0 Å². The summed E-state index contributed by atoms with van der Waals surface area (Å²) < 4.78 is 9.61. The maximum absolute atomic E-state index is 11.4. The Kier molecular flexibility index (Phi) is 4.43. The Labute approximate surface area is 104 Å². The second kappa shape index (κ2) is 5.63. The first-order valence-electron chi connectivity index (χ1n) is 5.46. The predicted molar refractivity (Wildman–Crippen MR) is 63.4 cm³/mol. The van der Waals surface area contributed by atoms with Crippen molar-refractivity contribution in [2.45, 2.75) is 26.3 Å². The van der Waals surface area contributed by atoms with Crippen LogP contribution in [-0.4, -0.2) is 29.6 Å². The van der Waals surface area contributed by atoms with E-state index in [2.05, 4.69) is 5.32 Å². The van der Waals surface area contributed by atoms with Crippen molar-refractivity contribution in [2.75, 3.05) is 13.2 Å². The fourth-order valence-electron chi connectivity index (χ4n) is 1.18. The van der Waals surface area contributed by atoms with Gasteiger partial charge in [0.15, 0.2) is 0 Å². The summed E-state index contributed by atoms with van der Waals surface area (Å²) in [6, 6.07) is 2.33. The lowest BCUT2D eigenvalue weighted by Gasteiger charge is -2.20. The summed E-state index contributed by atoms with van der Waals surface area (Å²) in [4.78, 5) is 21.1. The third-order valence-electron chi connectivity index (χ3n) is 1.96. The minimum absolute atomic E-state index is 0.0596. The molecule has 0 amide bonds. The monoisotopic (exact) mass is 256 g/mol. The van der Waals surface area contributed by atoms with Crippen LogP contribution in [0.4, 0.5) is 5.88 Å². The van der Waals surface area contributed by atoms with E-state index in [0.717, 1.165) is 6.07 Å². The summed E-state index contributed by atoms with van der Waals surface area (Å²) in [6.07, 6.45) is 0. The highest BCUT2D eigenvalue weighted by Gasteiger charge is 2.18. The third-order valence-corrected chi connectivity index (χ3v) is 1.96. The lowest BCUT2D eigenvalue weighted by atomic mass is 10.1. The van der Waals surface area contributed by atoms with Crippen LogP contribution in [0.5, 0.6) is 0 Å². The molecule has 0 radical (unpaired) electrons. The first-order chi connectivity index (χ1) is 8.29. The van der Waals surface area contributed by atoms with Gasteiger partial charge in [0.05, 0.1) is 6.07 Å². The molecule has 100 valence electrons. The molecule has 0 aliphatic carbocycles. The van der Waals surface area contributed by atoms with Crippen molar-refractivity contribution in [3.05, 3.63) is 28.0 Å². The Bertz CT molecular complexity index is 433. The maximum Gasteiger partial charge on any atom is 0.433 e. The van der Waals surface area contributed by atoms with Gasteiger partial charge in [-0.25, -0.2) is 4.79 Å². The molecule has 0 saturated carbocycles. The number of esters is 1. The van der Waals surface area contributed by atoms with Crippen molar-refractivity contribution < 1.29 is 18.9 Å². The van der Waals surface area contributed by atoms with Crippen LogP contribution in [0.3, 0.4) is 0 Å². The quantitative estimate of drug-likeness (QED) is 0.373. The SMILES string of the molecule is CC(C)(C)NCCOC(=O)c1ccc([N+](=O)[O-])o1. The van der Waals surface area contributed by atoms with Crippen LogP contribution in [0.1, 0.15) is 31.3 Å². The molecule has 0 aromatic carbocycles. The molecule has 0 saturated heterocycles. The van der Waals surface area contributed by atoms with Crippen molar-refractivity contribution in [2.24, 2.45) is 0 Å². The van der Waals surface area contributed by atoms with E-state index in [-0.39, 0.29) is 17.9 Å². The van der Waals surface area contributed by atoms with Crippen molar-refractivity contribution in [1.29, 1.82) is 0 Å². The number of hydrogen-bond acceptors (Lipinski definition) is 6. The molecule has 1 heterocycles. The van der Waals surface area contributed by atoms with Gasteiger partial charge in [-0.15, -0.1) is 0 Å². The van der Waals surface area contributed by atoms with Gasteiger partial charge < -0.3 is 14.5 Å². The lowest BCUT2D eigenvalue weighted by molar-refractivity contribution is -0.402. The standard InChI is InChI=1S/C11H16N2O5/c1-11(2,3)12-6-7-17-10(14)8-4-5-9(18-8)13(15)16/h4-5,12H,6-7H2,1-3H3. The van der Waals surface area contributed by atoms with Crippen LogP contribution < -0.4 is 5.32 Å². The molecule has 0 bridgehead atoms. The molecule has 1 rings (SSSR count). The number of carbonyl (C=O) groups is 1. The van der Waals surface area contributed by atoms with Crippen molar-refractivity contribution >= 4 is 11.9 Å². The Balaban J connectivity index is 2.39. The highest BCUT2D eigenvalue weighted by atomic mass is 16.7. The van der Waals surface area contributed by atoms with Gasteiger partial charge in [-0.2, -0.15) is 0 Å². The summed E-state index contributed by atoms with van der Waals surface area (Å²) in [5.41, 5.74) is -0.0596. The molecular formula is C11H16N2O5. The van der Waals surface area contributed by atoms with Gasteiger partial charge in [-0.3, -0.25) is 10.1 Å². The smallest absolute Gasteiger partial charge is 0.433 e. The van der Waals surface area contributed by atoms with Gasteiger partial charge in [0.2, 0.25) is 5.76 Å². The van der Waals surface area contributed by atoms with Gasteiger partial charge in [0, 0.05) is 12.1 Å². The first-order valence-corrected chi connectivity index (χ1v) is 5.46. The highest BCUT2D eigenvalue weighted by Crippen LogP contribution is 2.16. The molecule has 7 heteroatoms. The van der Waals surface area contributed by atoms with Crippen molar-refractivity contribution in [1.82, 2.24) is 5.32 Å². The molecule has 0 aliphatic heterocycles. The van der Waals surface area contributed by atoms with Gasteiger partial charge in [-0.1, -0.05) is 0 Å². The average molecular weight is 256 g/mol. The molecule has 0 unspecified atom stereocenters. The predicted octanol–water partition coefficient (Wildman–Crippen LogP) is 1.73. The summed E-state index contributed by atoms with van der Waals surface area (Å²) >= 11 is 0. The normalized spacial score (nSPS) is 11.3. The van der Waals surface area contributed by atoms with E-state index >= 15 is 0 Å². The average Bonchev–Trinajstić information content (AvgIpc) is 2.72. The second-order valence-corrected chi connectivity index (χ2v) is 4.71. The fraction of sp³-hybridized carbons (Fsp3) is 0.545. The molecule has 0 spiro atoms. The van der Waals surface area contributed by atoms with E-state index in [4.69, 9.17) is 9.15 Å². The minimum atomic E-state index is -0.710. The van der Waals surface area contributed by atoms with Gasteiger partial charge >= 0.3 is 11.9 Å². The molecule has 18 heavy (non-hydrogen) atoms. The van der Waals surface area contributed by atoms with Crippen LogP contribution in [-0.2, 0) is 4.74 Å². The van der Waals surface area contributed by atoms with Gasteiger partial charge in [-0.05, 0) is 26.8 Å². The molecule has 1 aromatic rings. The Morgan fingerprint density at radius 1 is 1.50 bits per heavy atom. The maximum atomic E-state index is 11.4. The Hall–Kier alpha value is -1.89. The van der Waals surface area contributed by atoms with E-state index in [0.29, 0.717) is 6.54 Å². The summed E-state index contributed by atoms with van der Waals surface area (Å²) in [7, 11) is 0. The number of nitrogens with zero attached hydrogens (tertiary/aromatic N) is 1. The van der Waals surface area contributed by atoms with Gasteiger partial charge in [0.1, 0.15) is 11.5 Å². The van der Waals surface area contributed by atoms with E-state index in [1.165, 1.54) is 6.07 Å². The van der Waals surface area contributed by atoms with Crippen LogP contribution in [0.25, 0.3) is 0 Å². The zero-order chi connectivity index (χ0) is 13.8.